The maximum absolute atomic E-state index is 12.3. The zero-order valence-corrected chi connectivity index (χ0v) is 11.9. The van der Waals surface area contributed by atoms with Gasteiger partial charge in [-0.15, -0.1) is 0 Å². The van der Waals surface area contributed by atoms with E-state index >= 15 is 0 Å². The van der Waals surface area contributed by atoms with E-state index in [0.29, 0.717) is 12.3 Å². The van der Waals surface area contributed by atoms with Crippen LogP contribution in [0, 0.1) is 0 Å². The SMILES string of the molecule is CCN(Cc1ccco1)S(=O)(=O)c1cnc(Cl)s1. The number of thiazole rings is 1. The van der Waals surface area contributed by atoms with Gasteiger partial charge in [-0.05, 0) is 12.1 Å². The average molecular weight is 307 g/mol. The van der Waals surface area contributed by atoms with E-state index in [9.17, 15) is 8.42 Å². The average Bonchev–Trinajstić information content (AvgIpc) is 2.96. The van der Waals surface area contributed by atoms with E-state index in [1.807, 2.05) is 0 Å². The molecule has 2 aromatic heterocycles. The topological polar surface area (TPSA) is 63.4 Å². The van der Waals surface area contributed by atoms with Crippen LogP contribution in [-0.2, 0) is 16.6 Å². The van der Waals surface area contributed by atoms with Crippen LogP contribution in [0.1, 0.15) is 12.7 Å². The van der Waals surface area contributed by atoms with Gasteiger partial charge in [-0.2, -0.15) is 4.31 Å². The zero-order valence-electron chi connectivity index (χ0n) is 9.54. The normalized spacial score (nSPS) is 12.2. The predicted octanol–water partition coefficient (Wildman–Crippen LogP) is 2.60. The number of nitrogens with zero attached hydrogens (tertiary/aromatic N) is 2. The maximum Gasteiger partial charge on any atom is 0.254 e. The standard InChI is InChI=1S/C10H11ClN2O3S2/c1-2-13(7-8-4-3-5-16-8)18(14,15)9-6-12-10(11)17-9/h3-6H,2,7H2,1H3. The van der Waals surface area contributed by atoms with E-state index in [2.05, 4.69) is 4.98 Å². The van der Waals surface area contributed by atoms with Gasteiger partial charge >= 0.3 is 0 Å². The molecular formula is C10H11ClN2O3S2. The minimum atomic E-state index is -3.56. The lowest BCUT2D eigenvalue weighted by Crippen LogP contribution is -2.29. The molecule has 0 aromatic carbocycles. The summed E-state index contributed by atoms with van der Waals surface area (Å²) in [6.45, 7) is 2.31. The van der Waals surface area contributed by atoms with Gasteiger partial charge in [-0.25, -0.2) is 13.4 Å². The highest BCUT2D eigenvalue weighted by atomic mass is 35.5. The molecule has 0 aliphatic rings. The van der Waals surface area contributed by atoms with Gasteiger partial charge in [0.05, 0.1) is 19.0 Å². The van der Waals surface area contributed by atoms with E-state index in [1.54, 1.807) is 19.1 Å². The summed E-state index contributed by atoms with van der Waals surface area (Å²) in [5.41, 5.74) is 0. The summed E-state index contributed by atoms with van der Waals surface area (Å²) in [5, 5.41) is 0. The highest BCUT2D eigenvalue weighted by Crippen LogP contribution is 2.26. The molecule has 18 heavy (non-hydrogen) atoms. The van der Waals surface area contributed by atoms with Gasteiger partial charge in [-0.1, -0.05) is 29.9 Å². The summed E-state index contributed by atoms with van der Waals surface area (Å²) in [6.07, 6.45) is 2.78. The number of sulfonamides is 1. The number of halogens is 1. The van der Waals surface area contributed by atoms with Crippen molar-refractivity contribution in [3.8, 4) is 0 Å². The van der Waals surface area contributed by atoms with Gasteiger partial charge in [0.2, 0.25) is 0 Å². The number of hydrogen-bond acceptors (Lipinski definition) is 5. The van der Waals surface area contributed by atoms with Gasteiger partial charge < -0.3 is 4.42 Å². The van der Waals surface area contributed by atoms with Gasteiger partial charge in [0, 0.05) is 6.54 Å². The summed E-state index contributed by atoms with van der Waals surface area (Å²) < 4.78 is 31.4. The molecule has 0 unspecified atom stereocenters. The van der Waals surface area contributed by atoms with Crippen molar-refractivity contribution in [1.29, 1.82) is 0 Å². The number of furan rings is 1. The van der Waals surface area contributed by atoms with Crippen LogP contribution in [0.3, 0.4) is 0 Å². The van der Waals surface area contributed by atoms with Crippen molar-refractivity contribution in [2.75, 3.05) is 6.54 Å². The van der Waals surface area contributed by atoms with E-state index in [4.69, 9.17) is 16.0 Å². The van der Waals surface area contributed by atoms with E-state index in [-0.39, 0.29) is 15.2 Å². The van der Waals surface area contributed by atoms with Crippen molar-refractivity contribution in [2.45, 2.75) is 17.7 Å². The largest absolute Gasteiger partial charge is 0.468 e. The lowest BCUT2D eigenvalue weighted by molar-refractivity contribution is 0.376. The van der Waals surface area contributed by atoms with Crippen molar-refractivity contribution < 1.29 is 12.8 Å². The zero-order chi connectivity index (χ0) is 13.2. The maximum atomic E-state index is 12.3. The second-order valence-electron chi connectivity index (χ2n) is 3.44. The van der Waals surface area contributed by atoms with E-state index in [0.717, 1.165) is 11.3 Å². The first-order chi connectivity index (χ1) is 8.54. The molecule has 2 heterocycles. The predicted molar refractivity (Wildman–Crippen MR) is 69.1 cm³/mol. The van der Waals surface area contributed by atoms with Gasteiger partial charge in [0.15, 0.2) is 8.68 Å². The Labute approximate surface area is 114 Å². The fourth-order valence-corrected chi connectivity index (χ4v) is 4.29. The Morgan fingerprint density at radius 2 is 2.33 bits per heavy atom. The van der Waals surface area contributed by atoms with Crippen molar-refractivity contribution >= 4 is 33.0 Å². The summed E-state index contributed by atoms with van der Waals surface area (Å²) in [6, 6.07) is 3.46. The molecule has 8 heteroatoms. The summed E-state index contributed by atoms with van der Waals surface area (Å²) in [5.74, 6) is 0.594. The molecular weight excluding hydrogens is 296 g/mol. The first-order valence-corrected chi connectivity index (χ1v) is 7.81. The van der Waals surface area contributed by atoms with Crippen LogP contribution in [0.4, 0.5) is 0 Å². The van der Waals surface area contributed by atoms with E-state index < -0.39 is 10.0 Å². The van der Waals surface area contributed by atoms with Crippen molar-refractivity contribution in [3.63, 3.8) is 0 Å². The van der Waals surface area contributed by atoms with Crippen LogP contribution >= 0.6 is 22.9 Å². The fraction of sp³-hybridized carbons (Fsp3) is 0.300. The summed E-state index contributed by atoms with van der Waals surface area (Å²) >= 11 is 6.61. The van der Waals surface area contributed by atoms with Crippen LogP contribution in [0.2, 0.25) is 4.47 Å². The third kappa shape index (κ3) is 2.74. The lowest BCUT2D eigenvalue weighted by atomic mass is 10.4. The molecule has 2 aromatic rings. The smallest absolute Gasteiger partial charge is 0.254 e. The highest BCUT2D eigenvalue weighted by Gasteiger charge is 2.26. The molecule has 0 saturated heterocycles. The molecule has 0 amide bonds. The summed E-state index contributed by atoms with van der Waals surface area (Å²) in [4.78, 5) is 3.75. The third-order valence-electron chi connectivity index (χ3n) is 2.32. The van der Waals surface area contributed by atoms with E-state index in [1.165, 1.54) is 16.8 Å². The third-order valence-corrected chi connectivity index (χ3v) is 5.79. The van der Waals surface area contributed by atoms with Crippen LogP contribution < -0.4 is 0 Å². The van der Waals surface area contributed by atoms with Crippen LogP contribution in [0.25, 0.3) is 0 Å². The minimum Gasteiger partial charge on any atom is -0.468 e. The Morgan fingerprint density at radius 1 is 1.56 bits per heavy atom. The van der Waals surface area contributed by atoms with Crippen LogP contribution in [0.15, 0.2) is 33.2 Å². The molecule has 98 valence electrons. The Bertz CT molecular complexity index is 607. The molecule has 0 aliphatic carbocycles. The molecule has 0 aliphatic heterocycles. The van der Waals surface area contributed by atoms with Gasteiger partial charge in [0.1, 0.15) is 5.76 Å². The Hall–Kier alpha value is -0.890. The number of aromatic nitrogens is 1. The first kappa shape index (κ1) is 13.5. The van der Waals surface area contributed by atoms with Crippen molar-refractivity contribution in [3.05, 3.63) is 34.8 Å². The lowest BCUT2D eigenvalue weighted by Gasteiger charge is -2.17. The van der Waals surface area contributed by atoms with Gasteiger partial charge in [-0.3, -0.25) is 0 Å². The second-order valence-corrected chi connectivity index (χ2v) is 7.22. The molecule has 0 spiro atoms. The van der Waals surface area contributed by atoms with Crippen LogP contribution in [0.5, 0.6) is 0 Å². The summed E-state index contributed by atoms with van der Waals surface area (Å²) in [7, 11) is -3.56. The molecule has 2 rings (SSSR count). The Kier molecular flexibility index (Phi) is 4.06. The molecule has 0 bridgehead atoms. The highest BCUT2D eigenvalue weighted by molar-refractivity contribution is 7.91. The quantitative estimate of drug-likeness (QED) is 0.852. The molecule has 0 N–H and O–H groups in total. The first-order valence-electron chi connectivity index (χ1n) is 5.18. The van der Waals surface area contributed by atoms with Crippen molar-refractivity contribution in [2.24, 2.45) is 0 Å². The monoisotopic (exact) mass is 306 g/mol. The molecule has 0 saturated carbocycles. The molecule has 0 fully saturated rings. The van der Waals surface area contributed by atoms with Gasteiger partial charge in [0.25, 0.3) is 10.0 Å². The molecule has 0 atom stereocenters. The minimum absolute atomic E-state index is 0.140. The Balaban J connectivity index is 2.26. The second kappa shape index (κ2) is 5.40. The van der Waals surface area contributed by atoms with Crippen LogP contribution in [-0.4, -0.2) is 24.3 Å². The number of rotatable bonds is 5. The van der Waals surface area contributed by atoms with Crippen molar-refractivity contribution in [1.82, 2.24) is 9.29 Å². The Morgan fingerprint density at radius 3 is 2.83 bits per heavy atom. The fourth-order valence-electron chi connectivity index (χ4n) is 1.43. The molecule has 0 radical (unpaired) electrons. The molecule has 5 nitrogen and oxygen atoms in total. The number of hydrogen-bond donors (Lipinski definition) is 0.